The molecule has 1 aliphatic carbocycles. The summed E-state index contributed by atoms with van der Waals surface area (Å²) in [4.78, 5) is 14.4. The van der Waals surface area contributed by atoms with Gasteiger partial charge in [-0.25, -0.2) is 0 Å². The number of carbonyl (C=O) groups is 1. The van der Waals surface area contributed by atoms with Gasteiger partial charge in [-0.15, -0.1) is 0 Å². The maximum Gasteiger partial charge on any atom is 0.139 e. The molecule has 0 spiro atoms. The van der Waals surface area contributed by atoms with Gasteiger partial charge in [-0.3, -0.25) is 4.79 Å². The molecule has 18 heavy (non-hydrogen) atoms. The second kappa shape index (κ2) is 3.97. The first kappa shape index (κ1) is 10.8. The van der Waals surface area contributed by atoms with Crippen LogP contribution < -0.4 is 0 Å². The van der Waals surface area contributed by atoms with Crippen molar-refractivity contribution in [1.29, 1.82) is 0 Å². The van der Waals surface area contributed by atoms with E-state index in [1.165, 1.54) is 9.80 Å². The monoisotopic (exact) mass is 258 g/mol. The molecule has 2 fully saturated rings. The van der Waals surface area contributed by atoms with Crippen LogP contribution in [0.2, 0.25) is 0 Å². The molecule has 2 heterocycles. The number of hydrogen-bond acceptors (Lipinski definition) is 3. The van der Waals surface area contributed by atoms with E-state index in [-0.39, 0.29) is 18.1 Å². The number of benzene rings is 1. The van der Waals surface area contributed by atoms with Gasteiger partial charge in [0, 0.05) is 22.1 Å². The quantitative estimate of drug-likeness (QED) is 0.815. The Kier molecular flexibility index (Phi) is 2.39. The summed E-state index contributed by atoms with van der Waals surface area (Å²) in [5, 5.41) is 0. The van der Waals surface area contributed by atoms with Crippen molar-refractivity contribution in [3.63, 3.8) is 0 Å². The summed E-state index contributed by atoms with van der Waals surface area (Å²) in [5.74, 6) is 1.02. The molecule has 3 heteroatoms. The van der Waals surface area contributed by atoms with E-state index in [0.717, 1.165) is 12.8 Å². The SMILES string of the molecule is O=C1CC[C@@H]2[C@H]1[C@H]1C=C(Sc3ccccc3)[C@@H]2O1. The molecule has 2 nitrogen and oxygen atoms in total. The highest BCUT2D eigenvalue weighted by Gasteiger charge is 2.55. The zero-order chi connectivity index (χ0) is 12.1. The Balaban J connectivity index is 1.59. The molecule has 1 saturated carbocycles. The number of rotatable bonds is 2. The fourth-order valence-corrected chi connectivity index (χ4v) is 4.52. The molecule has 2 aliphatic heterocycles. The van der Waals surface area contributed by atoms with Crippen LogP contribution in [-0.4, -0.2) is 18.0 Å². The molecule has 1 aromatic carbocycles. The summed E-state index contributed by atoms with van der Waals surface area (Å²) in [6, 6.07) is 10.4. The molecule has 1 aromatic rings. The van der Waals surface area contributed by atoms with Crippen LogP contribution in [-0.2, 0) is 9.53 Å². The lowest BCUT2D eigenvalue weighted by molar-refractivity contribution is -0.122. The second-order valence-corrected chi connectivity index (χ2v) is 6.35. The van der Waals surface area contributed by atoms with Gasteiger partial charge in [-0.2, -0.15) is 0 Å². The number of hydrogen-bond donors (Lipinski definition) is 0. The first-order valence-electron chi connectivity index (χ1n) is 6.46. The Hall–Kier alpha value is -1.06. The highest BCUT2D eigenvalue weighted by molar-refractivity contribution is 8.03. The number of ether oxygens (including phenoxy) is 1. The lowest BCUT2D eigenvalue weighted by Crippen LogP contribution is -2.25. The Bertz CT molecular complexity index is 523. The van der Waals surface area contributed by atoms with E-state index in [4.69, 9.17) is 4.74 Å². The Morgan fingerprint density at radius 2 is 2.06 bits per heavy atom. The maximum atomic E-state index is 11.8. The highest BCUT2D eigenvalue weighted by atomic mass is 32.2. The van der Waals surface area contributed by atoms with Crippen molar-refractivity contribution in [2.75, 3.05) is 0 Å². The van der Waals surface area contributed by atoms with Crippen LogP contribution in [0.4, 0.5) is 0 Å². The van der Waals surface area contributed by atoms with Crippen LogP contribution in [0.15, 0.2) is 46.2 Å². The van der Waals surface area contributed by atoms with Gasteiger partial charge < -0.3 is 4.74 Å². The predicted octanol–water partition coefficient (Wildman–Crippen LogP) is 3.04. The standard InChI is InChI=1S/C15H14O2S/c16-11-7-6-10-14(11)12-8-13(15(10)17-12)18-9-4-2-1-3-5-9/h1-5,8,10,12,14-15H,6-7H2/t10-,12-,14-,15-/m1/s1. The molecule has 0 N–H and O–H groups in total. The zero-order valence-corrected chi connectivity index (χ0v) is 10.7. The molecule has 0 aromatic heterocycles. The molecule has 4 rings (SSSR count). The van der Waals surface area contributed by atoms with Crippen LogP contribution in [0.5, 0.6) is 0 Å². The van der Waals surface area contributed by atoms with E-state index in [1.54, 1.807) is 11.8 Å². The van der Waals surface area contributed by atoms with Gasteiger partial charge in [-0.05, 0) is 24.6 Å². The molecule has 0 amide bonds. The van der Waals surface area contributed by atoms with Gasteiger partial charge in [-0.1, -0.05) is 30.0 Å². The van der Waals surface area contributed by atoms with Crippen LogP contribution in [0.25, 0.3) is 0 Å². The summed E-state index contributed by atoms with van der Waals surface area (Å²) >= 11 is 1.79. The summed E-state index contributed by atoms with van der Waals surface area (Å²) in [6.45, 7) is 0. The third-order valence-electron chi connectivity index (χ3n) is 4.19. The van der Waals surface area contributed by atoms with Gasteiger partial charge in [0.2, 0.25) is 0 Å². The van der Waals surface area contributed by atoms with Gasteiger partial charge in [0.25, 0.3) is 0 Å². The number of thioether (sulfide) groups is 1. The molecule has 0 radical (unpaired) electrons. The Labute approximate surface area is 110 Å². The minimum absolute atomic E-state index is 0.0567. The molecule has 1 saturated heterocycles. The van der Waals surface area contributed by atoms with Crippen LogP contribution in [0.1, 0.15) is 12.8 Å². The van der Waals surface area contributed by atoms with E-state index < -0.39 is 0 Å². The first-order chi connectivity index (χ1) is 8.83. The normalized spacial score (nSPS) is 36.9. The Morgan fingerprint density at radius 3 is 2.89 bits per heavy atom. The van der Waals surface area contributed by atoms with Gasteiger partial charge in [0.15, 0.2) is 0 Å². The average Bonchev–Trinajstić information content (AvgIpc) is 3.04. The fourth-order valence-electron chi connectivity index (χ4n) is 3.41. The second-order valence-electron chi connectivity index (χ2n) is 5.20. The fraction of sp³-hybridized carbons (Fsp3) is 0.400. The van der Waals surface area contributed by atoms with E-state index in [9.17, 15) is 4.79 Å². The minimum atomic E-state index is 0.0567. The molecule has 4 atom stereocenters. The van der Waals surface area contributed by atoms with Gasteiger partial charge >= 0.3 is 0 Å². The first-order valence-corrected chi connectivity index (χ1v) is 7.27. The van der Waals surface area contributed by atoms with Gasteiger partial charge in [0.05, 0.1) is 18.1 Å². The van der Waals surface area contributed by atoms with Crippen LogP contribution in [0.3, 0.4) is 0 Å². The largest absolute Gasteiger partial charge is 0.365 e. The molecule has 3 aliphatic rings. The number of ketones is 1. The van der Waals surface area contributed by atoms with Gasteiger partial charge in [0.1, 0.15) is 5.78 Å². The summed E-state index contributed by atoms with van der Waals surface area (Å²) in [5.41, 5.74) is 0. The van der Waals surface area contributed by atoms with Crippen molar-refractivity contribution in [1.82, 2.24) is 0 Å². The van der Waals surface area contributed by atoms with Crippen molar-refractivity contribution < 1.29 is 9.53 Å². The third kappa shape index (κ3) is 1.50. The average molecular weight is 258 g/mol. The van der Waals surface area contributed by atoms with Crippen molar-refractivity contribution in [2.45, 2.75) is 29.9 Å². The summed E-state index contributed by atoms with van der Waals surface area (Å²) < 4.78 is 5.96. The number of fused-ring (bicyclic) bond motifs is 5. The lowest BCUT2D eigenvalue weighted by atomic mass is 9.85. The Morgan fingerprint density at radius 1 is 1.22 bits per heavy atom. The van der Waals surface area contributed by atoms with Crippen molar-refractivity contribution in [2.24, 2.45) is 11.8 Å². The summed E-state index contributed by atoms with van der Waals surface area (Å²) in [6.07, 6.45) is 4.17. The predicted molar refractivity (Wildman–Crippen MR) is 70.3 cm³/mol. The van der Waals surface area contributed by atoms with Crippen LogP contribution >= 0.6 is 11.8 Å². The van der Waals surface area contributed by atoms with Crippen molar-refractivity contribution in [3.05, 3.63) is 41.3 Å². The molecule has 92 valence electrons. The van der Waals surface area contributed by atoms with Crippen molar-refractivity contribution in [3.8, 4) is 0 Å². The third-order valence-corrected chi connectivity index (χ3v) is 5.30. The molecular weight excluding hydrogens is 244 g/mol. The number of Topliss-reactive ketones (excluding diaryl/α,β-unsaturated/α-hetero) is 1. The van der Waals surface area contributed by atoms with E-state index >= 15 is 0 Å². The topological polar surface area (TPSA) is 26.3 Å². The minimum Gasteiger partial charge on any atom is -0.365 e. The van der Waals surface area contributed by atoms with E-state index in [0.29, 0.717) is 11.7 Å². The lowest BCUT2D eigenvalue weighted by Gasteiger charge is -2.20. The number of carbonyl (C=O) groups excluding carboxylic acids is 1. The highest BCUT2D eigenvalue weighted by Crippen LogP contribution is 2.53. The van der Waals surface area contributed by atoms with E-state index in [1.807, 2.05) is 6.07 Å². The van der Waals surface area contributed by atoms with E-state index in [2.05, 4.69) is 30.3 Å². The molecule has 0 unspecified atom stereocenters. The summed E-state index contributed by atoms with van der Waals surface area (Å²) in [7, 11) is 0. The molecular formula is C15H14O2S. The maximum absolute atomic E-state index is 11.8. The zero-order valence-electron chi connectivity index (χ0n) is 9.91. The van der Waals surface area contributed by atoms with Crippen molar-refractivity contribution >= 4 is 17.5 Å². The smallest absolute Gasteiger partial charge is 0.139 e. The van der Waals surface area contributed by atoms with Crippen LogP contribution in [0, 0.1) is 11.8 Å². The molecule has 2 bridgehead atoms.